The number of hydrogen-bond donors (Lipinski definition) is 1. The third-order valence-electron chi connectivity index (χ3n) is 1.84. The van der Waals surface area contributed by atoms with E-state index in [0.29, 0.717) is 19.5 Å². The molecule has 1 amide bonds. The van der Waals surface area contributed by atoms with Crippen LogP contribution in [-0.2, 0) is 4.79 Å². The maximum atomic E-state index is 11.6. The van der Waals surface area contributed by atoms with Crippen LogP contribution < -0.4 is 5.73 Å². The maximum absolute atomic E-state index is 11.6. The zero-order valence-corrected chi connectivity index (χ0v) is 8.42. The summed E-state index contributed by atoms with van der Waals surface area (Å²) in [6, 6.07) is -0.403. The van der Waals surface area contributed by atoms with Crippen molar-refractivity contribution in [1.29, 1.82) is 0 Å². The second kappa shape index (κ2) is 6.50. The molecule has 3 nitrogen and oxygen atoms in total. The van der Waals surface area contributed by atoms with Crippen molar-refractivity contribution >= 4 is 5.91 Å². The van der Waals surface area contributed by atoms with Gasteiger partial charge in [0, 0.05) is 6.54 Å². The molecule has 0 fully saturated rings. The molecule has 0 aromatic heterocycles. The zero-order valence-electron chi connectivity index (χ0n) is 8.42. The summed E-state index contributed by atoms with van der Waals surface area (Å²) in [5.41, 5.74) is 5.62. The molecule has 1 atom stereocenters. The van der Waals surface area contributed by atoms with Crippen LogP contribution in [-0.4, -0.2) is 29.9 Å². The lowest BCUT2D eigenvalue weighted by Crippen LogP contribution is -2.43. The van der Waals surface area contributed by atoms with Gasteiger partial charge in [-0.2, -0.15) is 0 Å². The minimum absolute atomic E-state index is 0.0395. The Hall–Kier alpha value is -1.01. The molecule has 0 aliphatic heterocycles. The van der Waals surface area contributed by atoms with Gasteiger partial charge in [-0.1, -0.05) is 19.8 Å². The highest BCUT2D eigenvalue weighted by molar-refractivity contribution is 5.81. The first-order valence-electron chi connectivity index (χ1n) is 4.65. The summed E-state index contributed by atoms with van der Waals surface area (Å²) in [6.07, 6.45) is 6.72. The van der Waals surface area contributed by atoms with Gasteiger partial charge < -0.3 is 10.6 Å². The summed E-state index contributed by atoms with van der Waals surface area (Å²) in [6.45, 7) is 4.95. The van der Waals surface area contributed by atoms with Crippen molar-refractivity contribution in [2.75, 3.05) is 13.1 Å². The molecule has 0 saturated carbocycles. The summed E-state index contributed by atoms with van der Waals surface area (Å²) in [5, 5.41) is 0. The Morgan fingerprint density at radius 1 is 1.62 bits per heavy atom. The third-order valence-corrected chi connectivity index (χ3v) is 1.84. The lowest BCUT2D eigenvalue weighted by Gasteiger charge is -2.22. The van der Waals surface area contributed by atoms with E-state index < -0.39 is 6.04 Å². The topological polar surface area (TPSA) is 46.3 Å². The van der Waals surface area contributed by atoms with Gasteiger partial charge in [0.25, 0.3) is 0 Å². The highest BCUT2D eigenvalue weighted by atomic mass is 16.2. The highest BCUT2D eigenvalue weighted by Gasteiger charge is 2.17. The highest BCUT2D eigenvalue weighted by Crippen LogP contribution is 1.97. The standard InChI is InChI=1S/C10H18N2O/c1-4-7-12(8-5-2)10(13)9(11)6-3/h1,9H,5-8,11H2,2-3H3/t9-/m0/s1. The van der Waals surface area contributed by atoms with E-state index in [2.05, 4.69) is 5.92 Å². The van der Waals surface area contributed by atoms with Crippen molar-refractivity contribution in [3.8, 4) is 12.3 Å². The monoisotopic (exact) mass is 182 g/mol. The second-order valence-corrected chi connectivity index (χ2v) is 2.98. The molecule has 0 saturated heterocycles. The lowest BCUT2D eigenvalue weighted by molar-refractivity contribution is -0.132. The van der Waals surface area contributed by atoms with Crippen molar-refractivity contribution in [3.05, 3.63) is 0 Å². The molecule has 0 unspecified atom stereocenters. The number of carbonyl (C=O) groups excluding carboxylic acids is 1. The van der Waals surface area contributed by atoms with Gasteiger partial charge in [0.1, 0.15) is 0 Å². The third kappa shape index (κ3) is 3.95. The molecule has 0 rings (SSSR count). The van der Waals surface area contributed by atoms with Gasteiger partial charge >= 0.3 is 0 Å². The summed E-state index contributed by atoms with van der Waals surface area (Å²) >= 11 is 0. The molecule has 0 bridgehead atoms. The van der Waals surface area contributed by atoms with Gasteiger partial charge in [0.2, 0.25) is 5.91 Å². The van der Waals surface area contributed by atoms with E-state index in [1.807, 2.05) is 13.8 Å². The van der Waals surface area contributed by atoms with Crippen molar-refractivity contribution in [1.82, 2.24) is 4.90 Å². The Bertz CT molecular complexity index is 196. The average Bonchev–Trinajstić information content (AvgIpc) is 2.15. The quantitative estimate of drug-likeness (QED) is 0.633. The van der Waals surface area contributed by atoms with Gasteiger partial charge in [-0.25, -0.2) is 0 Å². The number of hydrogen-bond acceptors (Lipinski definition) is 2. The number of nitrogens with two attached hydrogens (primary N) is 1. The number of rotatable bonds is 5. The summed E-state index contributed by atoms with van der Waals surface area (Å²) in [5.74, 6) is 2.42. The first kappa shape index (κ1) is 12.0. The number of carbonyl (C=O) groups is 1. The van der Waals surface area contributed by atoms with Crippen LogP contribution in [0.3, 0.4) is 0 Å². The van der Waals surface area contributed by atoms with E-state index in [1.54, 1.807) is 4.90 Å². The van der Waals surface area contributed by atoms with Gasteiger partial charge in [-0.15, -0.1) is 6.42 Å². The Morgan fingerprint density at radius 3 is 2.62 bits per heavy atom. The summed E-state index contributed by atoms with van der Waals surface area (Å²) in [4.78, 5) is 13.2. The predicted molar refractivity (Wildman–Crippen MR) is 54.0 cm³/mol. The number of nitrogens with zero attached hydrogens (tertiary/aromatic N) is 1. The van der Waals surface area contributed by atoms with Crippen LogP contribution in [0.1, 0.15) is 26.7 Å². The molecule has 0 radical (unpaired) electrons. The number of amides is 1. The van der Waals surface area contributed by atoms with Crippen LogP contribution in [0.25, 0.3) is 0 Å². The fourth-order valence-corrected chi connectivity index (χ4v) is 1.06. The van der Waals surface area contributed by atoms with E-state index in [-0.39, 0.29) is 5.91 Å². The fraction of sp³-hybridized carbons (Fsp3) is 0.700. The molecule has 13 heavy (non-hydrogen) atoms. The summed E-state index contributed by atoms with van der Waals surface area (Å²) in [7, 11) is 0. The van der Waals surface area contributed by atoms with Crippen molar-refractivity contribution < 1.29 is 4.79 Å². The van der Waals surface area contributed by atoms with Gasteiger partial charge in [-0.05, 0) is 12.8 Å². The Morgan fingerprint density at radius 2 is 2.23 bits per heavy atom. The fourth-order valence-electron chi connectivity index (χ4n) is 1.06. The van der Waals surface area contributed by atoms with Crippen LogP contribution >= 0.6 is 0 Å². The Labute approximate surface area is 80.3 Å². The van der Waals surface area contributed by atoms with Crippen molar-refractivity contribution in [2.24, 2.45) is 5.73 Å². The molecule has 2 N–H and O–H groups in total. The normalized spacial score (nSPS) is 11.8. The van der Waals surface area contributed by atoms with Gasteiger partial charge in [0.15, 0.2) is 0 Å². The molecule has 0 aliphatic carbocycles. The molecular weight excluding hydrogens is 164 g/mol. The van der Waals surface area contributed by atoms with E-state index in [1.165, 1.54) is 0 Å². The predicted octanol–water partition coefficient (Wildman–Crippen LogP) is 0.595. The number of terminal acetylenes is 1. The van der Waals surface area contributed by atoms with Crippen LogP contribution in [0.15, 0.2) is 0 Å². The molecule has 3 heteroatoms. The molecule has 0 heterocycles. The molecule has 0 spiro atoms. The van der Waals surface area contributed by atoms with Crippen molar-refractivity contribution in [2.45, 2.75) is 32.7 Å². The van der Waals surface area contributed by atoms with Gasteiger partial charge in [0.05, 0.1) is 12.6 Å². The van der Waals surface area contributed by atoms with E-state index in [4.69, 9.17) is 12.2 Å². The molecule has 0 aromatic carbocycles. The van der Waals surface area contributed by atoms with Crippen LogP contribution in [0, 0.1) is 12.3 Å². The largest absolute Gasteiger partial charge is 0.330 e. The maximum Gasteiger partial charge on any atom is 0.240 e. The van der Waals surface area contributed by atoms with Gasteiger partial charge in [-0.3, -0.25) is 4.79 Å². The second-order valence-electron chi connectivity index (χ2n) is 2.98. The lowest BCUT2D eigenvalue weighted by atomic mass is 10.2. The minimum Gasteiger partial charge on any atom is -0.330 e. The van der Waals surface area contributed by atoms with Crippen LogP contribution in [0.4, 0.5) is 0 Å². The molecule has 0 aromatic rings. The molecular formula is C10H18N2O. The SMILES string of the molecule is C#CCN(CCC)C(=O)[C@@H](N)CC. The zero-order chi connectivity index (χ0) is 10.3. The van der Waals surface area contributed by atoms with E-state index >= 15 is 0 Å². The first-order chi connectivity index (χ1) is 6.17. The first-order valence-corrected chi connectivity index (χ1v) is 4.65. The van der Waals surface area contributed by atoms with Crippen LogP contribution in [0.5, 0.6) is 0 Å². The molecule has 74 valence electrons. The summed E-state index contributed by atoms with van der Waals surface area (Å²) < 4.78 is 0. The molecule has 0 aliphatic rings. The minimum atomic E-state index is -0.403. The smallest absolute Gasteiger partial charge is 0.240 e. The average molecular weight is 182 g/mol. The Kier molecular flexibility index (Phi) is 5.99. The van der Waals surface area contributed by atoms with E-state index in [9.17, 15) is 4.79 Å². The Balaban J connectivity index is 4.19. The van der Waals surface area contributed by atoms with Crippen LogP contribution in [0.2, 0.25) is 0 Å². The van der Waals surface area contributed by atoms with Crippen molar-refractivity contribution in [3.63, 3.8) is 0 Å². The van der Waals surface area contributed by atoms with E-state index in [0.717, 1.165) is 6.42 Å².